The number of ether oxygens (including phenoxy) is 1. The van der Waals surface area contributed by atoms with E-state index in [1.807, 2.05) is 0 Å². The van der Waals surface area contributed by atoms with E-state index in [9.17, 15) is 0 Å². The molecule has 148 valence electrons. The lowest BCUT2D eigenvalue weighted by Crippen LogP contribution is -2.27. The summed E-state index contributed by atoms with van der Waals surface area (Å²) in [7, 11) is 0. The number of hydrogen-bond acceptors (Lipinski definition) is 2. The third-order valence-corrected chi connectivity index (χ3v) is 5.97. The predicted molar refractivity (Wildman–Crippen MR) is 129 cm³/mol. The molecular weight excluding hydrogens is 469 g/mol. The summed E-state index contributed by atoms with van der Waals surface area (Å²) in [4.78, 5) is 0. The highest BCUT2D eigenvalue weighted by Gasteiger charge is 2.15. The molecule has 1 atom stereocenters. The van der Waals surface area contributed by atoms with Crippen LogP contribution in [0.25, 0.3) is 5.57 Å². The Bertz CT molecular complexity index is 927. The maximum Gasteiger partial charge on any atom is 0.150 e. The zero-order valence-corrected chi connectivity index (χ0v) is 18.6. The Hall–Kier alpha value is -2.11. The highest BCUT2D eigenvalue weighted by molar-refractivity contribution is 14.1. The maximum atomic E-state index is 6.01. The third-order valence-electron chi connectivity index (χ3n) is 5.25. The molecule has 1 heterocycles. The second kappa shape index (κ2) is 10.1. The molecule has 0 amide bonds. The van der Waals surface area contributed by atoms with Crippen molar-refractivity contribution in [1.82, 2.24) is 5.32 Å². The largest absolute Gasteiger partial charge is 0.475 e. The zero-order valence-electron chi connectivity index (χ0n) is 16.5. The molecule has 0 bridgehead atoms. The minimum Gasteiger partial charge on any atom is -0.475 e. The molecule has 3 heteroatoms. The van der Waals surface area contributed by atoms with Crippen LogP contribution >= 0.6 is 22.6 Å². The number of rotatable bonds is 7. The molecule has 0 spiro atoms. The van der Waals surface area contributed by atoms with Crippen molar-refractivity contribution >= 4 is 28.2 Å². The van der Waals surface area contributed by atoms with Crippen molar-refractivity contribution in [2.24, 2.45) is 0 Å². The summed E-state index contributed by atoms with van der Waals surface area (Å²) in [5, 5.41) is 3.38. The van der Waals surface area contributed by atoms with Crippen LogP contribution < -0.4 is 10.1 Å². The minimum atomic E-state index is 0.162. The summed E-state index contributed by atoms with van der Waals surface area (Å²) in [6.07, 6.45) is 6.65. The summed E-state index contributed by atoms with van der Waals surface area (Å²) in [6.45, 7) is 1.05. The SMILES string of the molecule is Ic1ccc(C/C=C(/Cc2ccc(OC3CCCN3)cc2)c2ccccc2)cc1. The van der Waals surface area contributed by atoms with Gasteiger partial charge >= 0.3 is 0 Å². The van der Waals surface area contributed by atoms with Crippen molar-refractivity contribution in [2.45, 2.75) is 31.9 Å². The lowest BCUT2D eigenvalue weighted by atomic mass is 9.96. The summed E-state index contributed by atoms with van der Waals surface area (Å²) in [6, 6.07) is 28.0. The van der Waals surface area contributed by atoms with E-state index in [1.165, 1.54) is 32.3 Å². The lowest BCUT2D eigenvalue weighted by molar-refractivity contribution is 0.187. The first-order chi connectivity index (χ1) is 14.3. The van der Waals surface area contributed by atoms with Gasteiger partial charge in [-0.1, -0.05) is 60.7 Å². The van der Waals surface area contributed by atoms with Crippen LogP contribution in [0, 0.1) is 3.57 Å². The topological polar surface area (TPSA) is 21.3 Å². The molecule has 0 aliphatic carbocycles. The number of hydrogen-bond donors (Lipinski definition) is 1. The molecule has 2 nitrogen and oxygen atoms in total. The van der Waals surface area contributed by atoms with Crippen LogP contribution in [0.4, 0.5) is 0 Å². The molecule has 1 N–H and O–H groups in total. The monoisotopic (exact) mass is 495 g/mol. The fourth-order valence-corrected chi connectivity index (χ4v) is 3.99. The second-order valence-electron chi connectivity index (χ2n) is 7.45. The van der Waals surface area contributed by atoms with Crippen molar-refractivity contribution in [3.05, 3.63) is 105 Å². The van der Waals surface area contributed by atoms with Crippen molar-refractivity contribution in [2.75, 3.05) is 6.54 Å². The number of benzene rings is 3. The predicted octanol–water partition coefficient (Wildman–Crippen LogP) is 6.25. The van der Waals surface area contributed by atoms with Gasteiger partial charge in [-0.3, -0.25) is 5.32 Å². The second-order valence-corrected chi connectivity index (χ2v) is 8.70. The van der Waals surface area contributed by atoms with Gasteiger partial charge in [-0.05, 0) is 101 Å². The van der Waals surface area contributed by atoms with Gasteiger partial charge in [-0.25, -0.2) is 0 Å². The van der Waals surface area contributed by atoms with Gasteiger partial charge < -0.3 is 4.74 Å². The van der Waals surface area contributed by atoms with Gasteiger partial charge in [0.25, 0.3) is 0 Å². The minimum absolute atomic E-state index is 0.162. The van der Waals surface area contributed by atoms with Crippen LogP contribution in [0.5, 0.6) is 5.75 Å². The van der Waals surface area contributed by atoms with E-state index in [0.29, 0.717) is 0 Å². The van der Waals surface area contributed by atoms with Gasteiger partial charge in [0.2, 0.25) is 0 Å². The summed E-state index contributed by atoms with van der Waals surface area (Å²) in [5.41, 5.74) is 5.28. The van der Waals surface area contributed by atoms with E-state index in [4.69, 9.17) is 4.74 Å². The first-order valence-corrected chi connectivity index (χ1v) is 11.3. The molecule has 4 rings (SSSR count). The van der Waals surface area contributed by atoms with Crippen LogP contribution in [0.15, 0.2) is 84.9 Å². The highest BCUT2D eigenvalue weighted by atomic mass is 127. The lowest BCUT2D eigenvalue weighted by Gasteiger charge is -2.14. The average Bonchev–Trinajstić information content (AvgIpc) is 3.27. The van der Waals surface area contributed by atoms with E-state index in [2.05, 4.69) is 113 Å². The van der Waals surface area contributed by atoms with Crippen LogP contribution in [0.1, 0.15) is 29.5 Å². The summed E-state index contributed by atoms with van der Waals surface area (Å²) >= 11 is 2.35. The van der Waals surface area contributed by atoms with E-state index in [1.54, 1.807) is 0 Å². The molecule has 0 radical (unpaired) electrons. The van der Waals surface area contributed by atoms with Gasteiger partial charge in [0.1, 0.15) is 12.0 Å². The molecule has 0 aromatic heterocycles. The van der Waals surface area contributed by atoms with Gasteiger partial charge in [0, 0.05) is 3.57 Å². The van der Waals surface area contributed by atoms with Gasteiger partial charge in [-0.2, -0.15) is 0 Å². The standard InChI is InChI=1S/C26H26INO/c27-24-14-9-20(10-15-24)8-13-23(22-5-2-1-3-6-22)19-21-11-16-25(17-12-21)29-26-7-4-18-28-26/h1-3,5-6,9-17,26,28H,4,7-8,18-19H2/b23-13-. The first kappa shape index (κ1) is 20.2. The fourth-order valence-electron chi connectivity index (χ4n) is 3.63. The first-order valence-electron chi connectivity index (χ1n) is 10.2. The third kappa shape index (κ3) is 5.94. The van der Waals surface area contributed by atoms with Crippen molar-refractivity contribution in [1.29, 1.82) is 0 Å². The molecule has 1 unspecified atom stereocenters. The molecule has 1 aliphatic rings. The van der Waals surface area contributed by atoms with Crippen LogP contribution in [0.3, 0.4) is 0 Å². The zero-order chi connectivity index (χ0) is 19.9. The maximum absolute atomic E-state index is 6.01. The smallest absolute Gasteiger partial charge is 0.150 e. The number of nitrogens with one attached hydrogen (secondary N) is 1. The number of allylic oxidation sites excluding steroid dienone is 2. The Morgan fingerprint density at radius 2 is 1.66 bits per heavy atom. The molecule has 1 aliphatic heterocycles. The average molecular weight is 495 g/mol. The molecule has 0 saturated carbocycles. The Morgan fingerprint density at radius 1 is 0.931 bits per heavy atom. The molecule has 29 heavy (non-hydrogen) atoms. The van der Waals surface area contributed by atoms with Crippen molar-refractivity contribution in [3.8, 4) is 5.75 Å². The Morgan fingerprint density at radius 3 is 2.34 bits per heavy atom. The van der Waals surface area contributed by atoms with Crippen molar-refractivity contribution < 1.29 is 4.74 Å². The van der Waals surface area contributed by atoms with Gasteiger partial charge in [0.15, 0.2) is 0 Å². The normalized spacial score (nSPS) is 16.7. The van der Waals surface area contributed by atoms with E-state index in [0.717, 1.165) is 31.6 Å². The summed E-state index contributed by atoms with van der Waals surface area (Å²) < 4.78 is 7.28. The highest BCUT2D eigenvalue weighted by Crippen LogP contribution is 2.23. The molecule has 1 fully saturated rings. The van der Waals surface area contributed by atoms with Crippen LogP contribution in [-0.4, -0.2) is 12.8 Å². The van der Waals surface area contributed by atoms with E-state index < -0.39 is 0 Å². The molecule has 1 saturated heterocycles. The quantitative estimate of drug-likeness (QED) is 0.392. The Labute approximate surface area is 187 Å². The van der Waals surface area contributed by atoms with Crippen molar-refractivity contribution in [3.63, 3.8) is 0 Å². The van der Waals surface area contributed by atoms with Crippen LogP contribution in [0.2, 0.25) is 0 Å². The Kier molecular flexibility index (Phi) is 7.01. The van der Waals surface area contributed by atoms with E-state index >= 15 is 0 Å². The van der Waals surface area contributed by atoms with Crippen LogP contribution in [-0.2, 0) is 12.8 Å². The summed E-state index contributed by atoms with van der Waals surface area (Å²) in [5.74, 6) is 0.942. The van der Waals surface area contributed by atoms with E-state index in [-0.39, 0.29) is 6.23 Å². The molecule has 3 aromatic rings. The fraction of sp³-hybridized carbons (Fsp3) is 0.231. The van der Waals surface area contributed by atoms with Gasteiger partial charge in [0.05, 0.1) is 0 Å². The van der Waals surface area contributed by atoms with Gasteiger partial charge in [-0.15, -0.1) is 0 Å². The number of halogens is 1. The molecule has 3 aromatic carbocycles. The molecular formula is C26H26INO. The Balaban J connectivity index is 1.49.